The average molecular weight is 315 g/mol. The number of rotatable bonds is 9. The fourth-order valence-electron chi connectivity index (χ4n) is 2.10. The number of nitrogens with zero attached hydrogens (tertiary/aromatic N) is 2. The summed E-state index contributed by atoms with van der Waals surface area (Å²) in [6.07, 6.45) is 4.14. The number of sulfonamides is 1. The summed E-state index contributed by atoms with van der Waals surface area (Å²) in [6, 6.07) is 1.72. The number of nitrogens with one attached hydrogen (secondary N) is 1. The van der Waals surface area contributed by atoms with Crippen molar-refractivity contribution in [2.45, 2.75) is 24.3 Å². The van der Waals surface area contributed by atoms with Crippen LogP contribution in [0, 0.1) is 5.92 Å². The Morgan fingerprint density at radius 3 is 2.81 bits per heavy atom. The largest absolute Gasteiger partial charge is 0.380 e. The molecule has 0 aromatic carbocycles. The summed E-state index contributed by atoms with van der Waals surface area (Å²) in [5.41, 5.74) is 0.939. The van der Waals surface area contributed by atoms with Gasteiger partial charge in [-0.3, -0.25) is 0 Å². The van der Waals surface area contributed by atoms with Gasteiger partial charge in [-0.2, -0.15) is 4.31 Å². The van der Waals surface area contributed by atoms with E-state index in [-0.39, 0.29) is 0 Å². The highest BCUT2D eigenvalue weighted by molar-refractivity contribution is 7.89. The van der Waals surface area contributed by atoms with Crippen LogP contribution in [0.25, 0.3) is 0 Å². The molecule has 0 unspecified atom stereocenters. The van der Waals surface area contributed by atoms with Crippen LogP contribution in [0.15, 0.2) is 17.2 Å². The fourth-order valence-corrected chi connectivity index (χ4v) is 3.35. The Labute approximate surface area is 127 Å². The molecule has 0 aliphatic heterocycles. The summed E-state index contributed by atoms with van der Waals surface area (Å²) >= 11 is 0. The molecule has 0 amide bonds. The Kier molecular flexibility index (Phi) is 5.43. The number of likely N-dealkylation sites (N-methyl/N-ethyl adjacent to an activating group) is 1. The molecule has 1 fully saturated rings. The third kappa shape index (κ3) is 4.29. The van der Waals surface area contributed by atoms with Crippen molar-refractivity contribution < 1.29 is 13.2 Å². The second kappa shape index (κ2) is 6.91. The van der Waals surface area contributed by atoms with Crippen LogP contribution in [0.4, 0.5) is 0 Å². The van der Waals surface area contributed by atoms with E-state index in [1.54, 1.807) is 19.3 Å². The zero-order chi connectivity index (χ0) is 15.5. The van der Waals surface area contributed by atoms with Gasteiger partial charge in [-0.15, -0.1) is 0 Å². The first-order valence-corrected chi connectivity index (χ1v) is 8.73. The molecule has 21 heavy (non-hydrogen) atoms. The Morgan fingerprint density at radius 1 is 1.48 bits per heavy atom. The van der Waals surface area contributed by atoms with Gasteiger partial charge in [0.15, 0.2) is 0 Å². The molecule has 1 saturated carbocycles. The molecule has 1 heterocycles. The summed E-state index contributed by atoms with van der Waals surface area (Å²) in [5, 5.41) is 3.03. The van der Waals surface area contributed by atoms with Crippen LogP contribution < -0.4 is 5.32 Å². The molecule has 0 bridgehead atoms. The lowest BCUT2D eigenvalue weighted by Crippen LogP contribution is -2.30. The molecular formula is C14H25N3O3S. The van der Waals surface area contributed by atoms with E-state index in [0.717, 1.165) is 12.3 Å². The van der Waals surface area contributed by atoms with Crippen molar-refractivity contribution in [3.05, 3.63) is 18.0 Å². The molecule has 1 N–H and O–H groups in total. The van der Waals surface area contributed by atoms with Gasteiger partial charge in [-0.05, 0) is 31.9 Å². The van der Waals surface area contributed by atoms with Crippen LogP contribution in [-0.4, -0.2) is 51.1 Å². The molecule has 2 rings (SSSR count). The van der Waals surface area contributed by atoms with E-state index in [0.29, 0.717) is 30.5 Å². The molecule has 1 aromatic heterocycles. The van der Waals surface area contributed by atoms with Crippen LogP contribution in [0.3, 0.4) is 0 Å². The number of aryl methyl sites for hydroxylation is 1. The Balaban J connectivity index is 1.93. The molecular weight excluding hydrogens is 290 g/mol. The molecule has 1 aliphatic carbocycles. The van der Waals surface area contributed by atoms with Crippen molar-refractivity contribution in [1.82, 2.24) is 14.2 Å². The van der Waals surface area contributed by atoms with Crippen molar-refractivity contribution in [1.29, 1.82) is 0 Å². The molecule has 0 saturated heterocycles. The maximum atomic E-state index is 12.5. The van der Waals surface area contributed by atoms with E-state index in [4.69, 9.17) is 4.74 Å². The highest BCUT2D eigenvalue weighted by Gasteiger charge is 2.24. The van der Waals surface area contributed by atoms with Crippen LogP contribution in [0.1, 0.15) is 18.5 Å². The Morgan fingerprint density at radius 2 is 2.19 bits per heavy atom. The first-order chi connectivity index (χ1) is 9.95. The Bertz CT molecular complexity index is 564. The normalized spacial score (nSPS) is 15.8. The monoisotopic (exact) mass is 315 g/mol. The summed E-state index contributed by atoms with van der Waals surface area (Å²) < 4.78 is 33.7. The van der Waals surface area contributed by atoms with Gasteiger partial charge < -0.3 is 14.6 Å². The quantitative estimate of drug-likeness (QED) is 0.685. The van der Waals surface area contributed by atoms with Crippen LogP contribution in [0.2, 0.25) is 0 Å². The van der Waals surface area contributed by atoms with Gasteiger partial charge in [0.2, 0.25) is 10.0 Å². The predicted molar refractivity (Wildman–Crippen MR) is 81.5 cm³/mol. The van der Waals surface area contributed by atoms with E-state index < -0.39 is 10.0 Å². The molecule has 0 atom stereocenters. The summed E-state index contributed by atoms with van der Waals surface area (Å²) in [7, 11) is 1.85. The third-order valence-electron chi connectivity index (χ3n) is 3.75. The fraction of sp³-hybridized carbons (Fsp3) is 0.714. The van der Waals surface area contributed by atoms with Gasteiger partial charge >= 0.3 is 0 Å². The van der Waals surface area contributed by atoms with Gasteiger partial charge in [-0.1, -0.05) is 0 Å². The highest BCUT2D eigenvalue weighted by atomic mass is 32.2. The topological polar surface area (TPSA) is 63.6 Å². The summed E-state index contributed by atoms with van der Waals surface area (Å²) in [5.74, 6) is 0.699. The van der Waals surface area contributed by atoms with Gasteiger partial charge in [0.25, 0.3) is 0 Å². The molecule has 0 spiro atoms. The maximum Gasteiger partial charge on any atom is 0.244 e. The zero-order valence-electron chi connectivity index (χ0n) is 13.0. The second-order valence-corrected chi connectivity index (χ2v) is 7.70. The molecule has 7 heteroatoms. The minimum Gasteiger partial charge on any atom is -0.380 e. The summed E-state index contributed by atoms with van der Waals surface area (Å²) in [6.45, 7) is 2.22. The van der Waals surface area contributed by atoms with Gasteiger partial charge in [0.1, 0.15) is 4.90 Å². The minimum absolute atomic E-state index is 0.333. The average Bonchev–Trinajstić information content (AvgIpc) is 3.19. The molecule has 1 aromatic rings. The van der Waals surface area contributed by atoms with Crippen molar-refractivity contribution in [3.63, 3.8) is 0 Å². The molecule has 1 aliphatic rings. The molecule has 6 nitrogen and oxygen atoms in total. The first kappa shape index (κ1) is 16.5. The first-order valence-electron chi connectivity index (χ1n) is 7.29. The number of hydrogen-bond acceptors (Lipinski definition) is 4. The maximum absolute atomic E-state index is 12.5. The van der Waals surface area contributed by atoms with E-state index in [2.05, 4.69) is 5.32 Å². The second-order valence-electron chi connectivity index (χ2n) is 5.65. The van der Waals surface area contributed by atoms with Crippen molar-refractivity contribution >= 4 is 10.0 Å². The third-order valence-corrected chi connectivity index (χ3v) is 5.57. The van der Waals surface area contributed by atoms with E-state index in [9.17, 15) is 8.42 Å². The van der Waals surface area contributed by atoms with E-state index in [1.165, 1.54) is 17.1 Å². The van der Waals surface area contributed by atoms with Gasteiger partial charge in [0.05, 0.1) is 6.61 Å². The summed E-state index contributed by atoms with van der Waals surface area (Å²) in [4.78, 5) is 0.333. The number of ether oxygens (including phenoxy) is 1. The van der Waals surface area contributed by atoms with E-state index in [1.807, 2.05) is 18.7 Å². The lowest BCUT2D eigenvalue weighted by Gasteiger charge is -2.16. The van der Waals surface area contributed by atoms with Crippen molar-refractivity contribution in [3.8, 4) is 0 Å². The lowest BCUT2D eigenvalue weighted by atomic mass is 10.4. The van der Waals surface area contributed by atoms with Crippen LogP contribution in [-0.2, 0) is 28.4 Å². The lowest BCUT2D eigenvalue weighted by molar-refractivity contribution is 0.117. The van der Waals surface area contributed by atoms with Crippen LogP contribution in [0.5, 0.6) is 0 Å². The van der Waals surface area contributed by atoms with Crippen molar-refractivity contribution in [2.24, 2.45) is 13.0 Å². The van der Waals surface area contributed by atoms with Crippen molar-refractivity contribution in [2.75, 3.05) is 33.9 Å². The molecule has 120 valence electrons. The number of hydrogen-bond donors (Lipinski definition) is 1. The Hall–Kier alpha value is -0.890. The highest BCUT2D eigenvalue weighted by Crippen LogP contribution is 2.28. The van der Waals surface area contributed by atoms with E-state index >= 15 is 0 Å². The smallest absolute Gasteiger partial charge is 0.244 e. The molecule has 0 radical (unpaired) electrons. The van der Waals surface area contributed by atoms with Gasteiger partial charge in [-0.25, -0.2) is 8.42 Å². The zero-order valence-corrected chi connectivity index (χ0v) is 13.8. The standard InChI is InChI=1S/C14H25N3O3S/c1-15-9-13-8-14(10-16(13)2)21(18,19)17(3)6-7-20-11-12-4-5-12/h8,10,12,15H,4-7,9,11H2,1-3H3. The van der Waals surface area contributed by atoms with Gasteiger partial charge in [0, 0.05) is 45.7 Å². The minimum atomic E-state index is -3.44. The van der Waals surface area contributed by atoms with Crippen LogP contribution >= 0.6 is 0 Å². The SMILES string of the molecule is CNCc1cc(S(=O)(=O)N(C)CCOCC2CC2)cn1C. The predicted octanol–water partition coefficient (Wildman–Crippen LogP) is 0.792. The number of aromatic nitrogens is 1.